The number of carbonyl (C=O) groups is 1. The van der Waals surface area contributed by atoms with Crippen LogP contribution in [-0.2, 0) is 4.74 Å². The van der Waals surface area contributed by atoms with Crippen LogP contribution in [0.15, 0.2) is 30.5 Å². The van der Waals surface area contributed by atoms with Gasteiger partial charge in [-0.25, -0.2) is 9.67 Å². The predicted molar refractivity (Wildman–Crippen MR) is 101 cm³/mol. The van der Waals surface area contributed by atoms with Gasteiger partial charge in [0, 0.05) is 34.3 Å². The van der Waals surface area contributed by atoms with Crippen LogP contribution >= 0.6 is 22.6 Å². The second kappa shape index (κ2) is 6.56. The van der Waals surface area contributed by atoms with Crippen molar-refractivity contribution >= 4 is 45.3 Å². The van der Waals surface area contributed by atoms with Crippen molar-refractivity contribution < 1.29 is 9.53 Å². The molecule has 25 heavy (non-hydrogen) atoms. The van der Waals surface area contributed by atoms with Gasteiger partial charge in [0.2, 0.25) is 5.95 Å². The normalized spacial score (nSPS) is 14.8. The molecule has 2 N–H and O–H groups in total. The molecule has 4 rings (SSSR count). The van der Waals surface area contributed by atoms with E-state index in [-0.39, 0.29) is 11.9 Å². The fourth-order valence-corrected chi connectivity index (χ4v) is 3.29. The molecule has 0 bridgehead atoms. The van der Waals surface area contributed by atoms with E-state index in [0.29, 0.717) is 37.8 Å². The molecule has 8 nitrogen and oxygen atoms in total. The van der Waals surface area contributed by atoms with Gasteiger partial charge in [-0.3, -0.25) is 4.79 Å². The highest BCUT2D eigenvalue weighted by Crippen LogP contribution is 2.25. The van der Waals surface area contributed by atoms with Crippen molar-refractivity contribution in [2.24, 2.45) is 0 Å². The Kier molecular flexibility index (Phi) is 4.25. The predicted octanol–water partition coefficient (Wildman–Crippen LogP) is 1.47. The van der Waals surface area contributed by atoms with Crippen molar-refractivity contribution in [2.45, 2.75) is 0 Å². The van der Waals surface area contributed by atoms with Crippen molar-refractivity contribution in [3.05, 3.63) is 39.7 Å². The van der Waals surface area contributed by atoms with E-state index in [0.717, 1.165) is 14.5 Å². The van der Waals surface area contributed by atoms with E-state index in [9.17, 15) is 4.79 Å². The van der Waals surface area contributed by atoms with E-state index < -0.39 is 0 Å². The number of ether oxygens (including phenoxy) is 1. The lowest BCUT2D eigenvalue weighted by atomic mass is 10.2. The third-order valence-corrected chi connectivity index (χ3v) is 4.69. The molecule has 1 aliphatic heterocycles. The van der Waals surface area contributed by atoms with Gasteiger partial charge in [0.05, 0.1) is 18.7 Å². The SMILES string of the molecule is Nc1nccc(-n2nc(C(=O)N3CCOCC3)c3ccc(I)cc32)n1. The fraction of sp³-hybridized carbons (Fsp3) is 0.250. The van der Waals surface area contributed by atoms with E-state index in [2.05, 4.69) is 37.7 Å². The first-order valence-corrected chi connectivity index (χ1v) is 8.85. The Labute approximate surface area is 157 Å². The van der Waals surface area contributed by atoms with E-state index in [1.54, 1.807) is 21.8 Å². The zero-order chi connectivity index (χ0) is 17.4. The smallest absolute Gasteiger partial charge is 0.275 e. The third-order valence-electron chi connectivity index (χ3n) is 4.02. The zero-order valence-corrected chi connectivity index (χ0v) is 15.4. The second-order valence-corrected chi connectivity index (χ2v) is 6.85. The maximum absolute atomic E-state index is 12.9. The number of benzene rings is 1. The topological polar surface area (TPSA) is 99.2 Å². The van der Waals surface area contributed by atoms with Crippen LogP contribution in [0.3, 0.4) is 0 Å². The van der Waals surface area contributed by atoms with Crippen LogP contribution in [0.2, 0.25) is 0 Å². The number of fused-ring (bicyclic) bond motifs is 1. The highest BCUT2D eigenvalue weighted by atomic mass is 127. The van der Waals surface area contributed by atoms with Crippen LogP contribution in [0.4, 0.5) is 5.95 Å². The number of hydrogen-bond donors (Lipinski definition) is 1. The molecule has 1 fully saturated rings. The van der Waals surface area contributed by atoms with Crippen molar-refractivity contribution in [3.63, 3.8) is 0 Å². The van der Waals surface area contributed by atoms with E-state index >= 15 is 0 Å². The average Bonchev–Trinajstić information content (AvgIpc) is 3.00. The number of hydrogen-bond acceptors (Lipinski definition) is 6. The molecule has 0 atom stereocenters. The first-order chi connectivity index (χ1) is 12.1. The molecule has 0 saturated carbocycles. The van der Waals surface area contributed by atoms with Gasteiger partial charge >= 0.3 is 0 Å². The molecule has 128 valence electrons. The first kappa shape index (κ1) is 16.2. The molecule has 0 spiro atoms. The Hall–Kier alpha value is -2.27. The number of morpholine rings is 1. The molecule has 1 aliphatic rings. The highest BCUT2D eigenvalue weighted by molar-refractivity contribution is 14.1. The number of nitrogens with two attached hydrogens (primary N) is 1. The van der Waals surface area contributed by atoms with Gasteiger partial charge in [-0.2, -0.15) is 10.1 Å². The maximum Gasteiger partial charge on any atom is 0.275 e. The minimum Gasteiger partial charge on any atom is -0.378 e. The van der Waals surface area contributed by atoms with Crippen LogP contribution < -0.4 is 5.73 Å². The molecular formula is C16H15IN6O2. The number of halogens is 1. The van der Waals surface area contributed by atoms with E-state index in [1.807, 2.05) is 18.2 Å². The first-order valence-electron chi connectivity index (χ1n) is 7.78. The number of carbonyl (C=O) groups excluding carboxylic acids is 1. The summed E-state index contributed by atoms with van der Waals surface area (Å²) in [4.78, 5) is 22.9. The molecule has 3 heterocycles. The van der Waals surface area contributed by atoms with Gasteiger partial charge in [0.1, 0.15) is 0 Å². The van der Waals surface area contributed by atoms with Crippen molar-refractivity contribution in [1.29, 1.82) is 0 Å². The van der Waals surface area contributed by atoms with Gasteiger partial charge < -0.3 is 15.4 Å². The largest absolute Gasteiger partial charge is 0.378 e. The highest BCUT2D eigenvalue weighted by Gasteiger charge is 2.25. The van der Waals surface area contributed by atoms with Crippen LogP contribution in [0.25, 0.3) is 16.7 Å². The molecule has 2 aromatic heterocycles. The standard InChI is InChI=1S/C16H15IN6O2/c17-10-1-2-11-12(9-10)23(13-3-4-19-16(18)20-13)21-14(11)15(24)22-5-7-25-8-6-22/h1-4,9H,5-8H2,(H2,18,19,20). The summed E-state index contributed by atoms with van der Waals surface area (Å²) in [6, 6.07) is 7.56. The van der Waals surface area contributed by atoms with Gasteiger partial charge in [0.25, 0.3) is 5.91 Å². The molecule has 3 aromatic rings. The Morgan fingerprint density at radius 1 is 1.24 bits per heavy atom. The Morgan fingerprint density at radius 2 is 2.04 bits per heavy atom. The van der Waals surface area contributed by atoms with Gasteiger partial charge in [-0.05, 0) is 40.8 Å². The summed E-state index contributed by atoms with van der Waals surface area (Å²) in [6.45, 7) is 2.23. The van der Waals surface area contributed by atoms with Crippen LogP contribution in [-0.4, -0.2) is 56.9 Å². The van der Waals surface area contributed by atoms with Crippen LogP contribution in [0, 0.1) is 3.57 Å². The average molecular weight is 450 g/mol. The summed E-state index contributed by atoms with van der Waals surface area (Å²) in [6.07, 6.45) is 1.57. The third kappa shape index (κ3) is 3.04. The van der Waals surface area contributed by atoms with Crippen molar-refractivity contribution in [3.8, 4) is 5.82 Å². The molecule has 0 unspecified atom stereocenters. The summed E-state index contributed by atoms with van der Waals surface area (Å²) in [5.41, 5.74) is 6.91. The molecule has 1 amide bonds. The van der Waals surface area contributed by atoms with Crippen LogP contribution in [0.5, 0.6) is 0 Å². The maximum atomic E-state index is 12.9. The minimum atomic E-state index is -0.102. The molecular weight excluding hydrogens is 435 g/mol. The number of rotatable bonds is 2. The van der Waals surface area contributed by atoms with Crippen molar-refractivity contribution in [1.82, 2.24) is 24.6 Å². The van der Waals surface area contributed by atoms with Gasteiger partial charge in [-0.15, -0.1) is 0 Å². The van der Waals surface area contributed by atoms with Gasteiger partial charge in [0.15, 0.2) is 11.5 Å². The van der Waals surface area contributed by atoms with Gasteiger partial charge in [-0.1, -0.05) is 0 Å². The number of amides is 1. The molecule has 9 heteroatoms. The lowest BCUT2D eigenvalue weighted by Crippen LogP contribution is -2.41. The van der Waals surface area contributed by atoms with Crippen LogP contribution in [0.1, 0.15) is 10.5 Å². The Bertz CT molecular complexity index is 951. The number of aromatic nitrogens is 4. The Morgan fingerprint density at radius 3 is 2.80 bits per heavy atom. The second-order valence-electron chi connectivity index (χ2n) is 5.60. The van der Waals surface area contributed by atoms with E-state index in [4.69, 9.17) is 10.5 Å². The van der Waals surface area contributed by atoms with Crippen molar-refractivity contribution in [2.75, 3.05) is 32.0 Å². The zero-order valence-electron chi connectivity index (χ0n) is 13.2. The number of nitrogen functional groups attached to an aromatic ring is 1. The lowest BCUT2D eigenvalue weighted by Gasteiger charge is -2.26. The Balaban J connectivity index is 1.86. The number of anilines is 1. The lowest BCUT2D eigenvalue weighted by molar-refractivity contribution is 0.0300. The summed E-state index contributed by atoms with van der Waals surface area (Å²) in [7, 11) is 0. The summed E-state index contributed by atoms with van der Waals surface area (Å²) < 4.78 is 8.01. The quantitative estimate of drug-likeness (QED) is 0.594. The summed E-state index contributed by atoms with van der Waals surface area (Å²) in [5, 5.41) is 5.34. The van der Waals surface area contributed by atoms with E-state index in [1.165, 1.54) is 0 Å². The minimum absolute atomic E-state index is 0.102. The molecule has 1 aromatic carbocycles. The molecule has 0 aliphatic carbocycles. The fourth-order valence-electron chi connectivity index (χ4n) is 2.82. The number of nitrogens with zero attached hydrogens (tertiary/aromatic N) is 5. The molecule has 1 saturated heterocycles. The molecule has 0 radical (unpaired) electrons. The monoisotopic (exact) mass is 450 g/mol. The summed E-state index contributed by atoms with van der Waals surface area (Å²) >= 11 is 2.23. The summed E-state index contributed by atoms with van der Waals surface area (Å²) in [5.74, 6) is 0.587.